The van der Waals surface area contributed by atoms with Gasteiger partial charge in [-0.25, -0.2) is 14.8 Å². The molecule has 0 saturated carbocycles. The molecule has 4 heterocycles. The number of aryl methyl sites for hydroxylation is 1. The highest BCUT2D eigenvalue weighted by molar-refractivity contribution is 8.00. The van der Waals surface area contributed by atoms with Gasteiger partial charge in [0.2, 0.25) is 5.91 Å². The zero-order chi connectivity index (χ0) is 22.2. The van der Waals surface area contributed by atoms with Gasteiger partial charge in [0.05, 0.1) is 29.4 Å². The van der Waals surface area contributed by atoms with Crippen LogP contribution in [0.15, 0.2) is 30.6 Å². The Balaban J connectivity index is 1.40. The van der Waals surface area contributed by atoms with E-state index >= 15 is 0 Å². The fourth-order valence-corrected chi connectivity index (χ4v) is 6.78. The van der Waals surface area contributed by atoms with Gasteiger partial charge in [-0.15, -0.1) is 0 Å². The molecule has 2 aliphatic heterocycles. The summed E-state index contributed by atoms with van der Waals surface area (Å²) in [4.78, 5) is 32.2. The molecule has 2 aromatic heterocycles. The number of nitrogens with two attached hydrogens (primary N) is 2. The third-order valence-electron chi connectivity index (χ3n) is 6.55. The van der Waals surface area contributed by atoms with Crippen LogP contribution in [0.4, 0.5) is 10.6 Å². The molecule has 168 valence electrons. The fraction of sp³-hybridized carbons (Fsp3) is 0.455. The second-order valence-electron chi connectivity index (χ2n) is 8.60. The topological polar surface area (TPSA) is 141 Å². The molecule has 2 aliphatic rings. The molecule has 0 bridgehead atoms. The van der Waals surface area contributed by atoms with Gasteiger partial charge in [-0.2, -0.15) is 11.8 Å². The van der Waals surface area contributed by atoms with Gasteiger partial charge in [-0.1, -0.05) is 18.2 Å². The Bertz CT molecular complexity index is 1180. The Morgan fingerprint density at radius 1 is 1.28 bits per heavy atom. The molecule has 0 spiro atoms. The van der Waals surface area contributed by atoms with Gasteiger partial charge in [-0.05, 0) is 31.2 Å². The number of primary amides is 1. The molecule has 4 unspecified atom stereocenters. The van der Waals surface area contributed by atoms with Crippen LogP contribution in [0.25, 0.3) is 21.9 Å². The van der Waals surface area contributed by atoms with E-state index < -0.39 is 0 Å². The first kappa shape index (κ1) is 20.9. The molecular formula is C22H27N7O2S. The summed E-state index contributed by atoms with van der Waals surface area (Å²) in [5.41, 5.74) is 14.1. The Morgan fingerprint density at radius 3 is 2.97 bits per heavy atom. The summed E-state index contributed by atoms with van der Waals surface area (Å²) in [6.45, 7) is 0.765. The van der Waals surface area contributed by atoms with Crippen molar-refractivity contribution in [2.75, 3.05) is 11.5 Å². The van der Waals surface area contributed by atoms with Crippen LogP contribution in [-0.2, 0) is 11.3 Å². The first-order valence-electron chi connectivity index (χ1n) is 11.0. The molecule has 32 heavy (non-hydrogen) atoms. The largest absolute Gasteiger partial charge is 0.382 e. The maximum atomic E-state index is 11.9. The predicted molar refractivity (Wildman–Crippen MR) is 126 cm³/mol. The number of hydrogen-bond acceptors (Lipinski definition) is 6. The maximum absolute atomic E-state index is 11.9. The Morgan fingerprint density at radius 2 is 2.12 bits per heavy atom. The number of anilines is 1. The minimum absolute atomic E-state index is 0.0868. The summed E-state index contributed by atoms with van der Waals surface area (Å²) in [7, 11) is 0. The summed E-state index contributed by atoms with van der Waals surface area (Å²) in [6, 6.07) is 8.15. The van der Waals surface area contributed by atoms with Crippen LogP contribution in [0, 0.1) is 5.92 Å². The number of thioether (sulfide) groups is 1. The average Bonchev–Trinajstić information content (AvgIpc) is 3.45. The number of nitrogen functional groups attached to an aromatic ring is 1. The average molecular weight is 454 g/mol. The van der Waals surface area contributed by atoms with Gasteiger partial charge in [0.25, 0.3) is 0 Å². The number of aromatic nitrogens is 3. The molecule has 5 rings (SSSR count). The third kappa shape index (κ3) is 3.83. The van der Waals surface area contributed by atoms with Gasteiger partial charge in [0.15, 0.2) is 5.82 Å². The smallest absolute Gasteiger partial charge is 0.315 e. The lowest BCUT2D eigenvalue weighted by Crippen LogP contribution is -2.40. The number of carbonyl (C=O) groups excluding carboxylic acids is 2. The first-order chi connectivity index (χ1) is 15.5. The number of rotatable bonds is 8. The second-order valence-corrected chi connectivity index (χ2v) is 9.82. The molecule has 0 aliphatic carbocycles. The normalized spacial score (nSPS) is 23.2. The minimum atomic E-state index is -0.272. The summed E-state index contributed by atoms with van der Waals surface area (Å²) >= 11 is 1.90. The molecule has 1 aromatic carbocycles. The first-order valence-corrected chi connectivity index (χ1v) is 12.0. The summed E-state index contributed by atoms with van der Waals surface area (Å²) in [5.74, 6) is 1.40. The summed E-state index contributed by atoms with van der Waals surface area (Å²) < 4.78 is 2.15. The molecule has 2 saturated heterocycles. The molecule has 10 heteroatoms. The molecule has 0 radical (unpaired) electrons. The van der Waals surface area contributed by atoms with Crippen LogP contribution in [0.3, 0.4) is 0 Å². The van der Waals surface area contributed by atoms with Crippen LogP contribution >= 0.6 is 11.8 Å². The highest BCUT2D eigenvalue weighted by Gasteiger charge is 2.45. The molecule has 3 aromatic rings. The number of nitrogens with one attached hydrogen (secondary N) is 2. The number of imidazole rings is 1. The Hall–Kier alpha value is -3.01. The molecular weight excluding hydrogens is 426 g/mol. The monoisotopic (exact) mass is 453 g/mol. The number of amides is 3. The van der Waals surface area contributed by atoms with E-state index in [2.05, 4.69) is 25.2 Å². The summed E-state index contributed by atoms with van der Waals surface area (Å²) in [6.07, 6.45) is 4.75. The SMILES string of the molecule is NC(=O)CCCC(CCn1cnc2c(N)nc3ccccc3c21)C1SCC2NC(=O)NC21. The van der Waals surface area contributed by atoms with Crippen molar-refractivity contribution in [3.05, 3.63) is 30.6 Å². The van der Waals surface area contributed by atoms with Crippen LogP contribution in [0.5, 0.6) is 0 Å². The molecule has 4 atom stereocenters. The van der Waals surface area contributed by atoms with E-state index in [4.69, 9.17) is 11.5 Å². The molecule has 2 fully saturated rings. The lowest BCUT2D eigenvalue weighted by Gasteiger charge is -2.27. The Labute approximate surface area is 189 Å². The van der Waals surface area contributed by atoms with E-state index in [1.807, 2.05) is 42.4 Å². The van der Waals surface area contributed by atoms with E-state index in [9.17, 15) is 9.59 Å². The van der Waals surface area contributed by atoms with Gasteiger partial charge < -0.3 is 26.7 Å². The van der Waals surface area contributed by atoms with E-state index in [0.29, 0.717) is 23.4 Å². The van der Waals surface area contributed by atoms with Crippen molar-refractivity contribution in [3.63, 3.8) is 0 Å². The number of hydrogen-bond donors (Lipinski definition) is 4. The lowest BCUT2D eigenvalue weighted by atomic mass is 9.89. The number of fused-ring (bicyclic) bond motifs is 4. The number of pyridine rings is 1. The van der Waals surface area contributed by atoms with Crippen molar-refractivity contribution >= 4 is 51.5 Å². The van der Waals surface area contributed by atoms with Crippen LogP contribution < -0.4 is 22.1 Å². The lowest BCUT2D eigenvalue weighted by molar-refractivity contribution is -0.118. The van der Waals surface area contributed by atoms with Crippen LogP contribution in [0.1, 0.15) is 25.7 Å². The van der Waals surface area contributed by atoms with Gasteiger partial charge in [-0.3, -0.25) is 4.79 Å². The van der Waals surface area contributed by atoms with E-state index in [1.165, 1.54) is 0 Å². The van der Waals surface area contributed by atoms with Crippen molar-refractivity contribution in [2.24, 2.45) is 11.7 Å². The number of para-hydroxylation sites is 1. The number of carbonyl (C=O) groups is 2. The fourth-order valence-electron chi connectivity index (χ4n) is 5.05. The quantitative estimate of drug-likeness (QED) is 0.385. The third-order valence-corrected chi connectivity index (χ3v) is 8.17. The molecule has 3 amide bonds. The van der Waals surface area contributed by atoms with Crippen molar-refractivity contribution in [2.45, 2.75) is 49.6 Å². The van der Waals surface area contributed by atoms with E-state index in [-0.39, 0.29) is 24.0 Å². The maximum Gasteiger partial charge on any atom is 0.315 e. The standard InChI is InChI=1S/C22H27N7O2S/c23-16(30)7-3-4-12(20-17-15(10-32-20)27-22(31)28-17)8-9-29-11-25-18-19(29)13-5-1-2-6-14(13)26-21(18)24/h1-2,5-6,11-12,15,17,20H,3-4,7-10H2,(H2,23,30)(H2,24,26)(H2,27,28,31). The predicted octanol–water partition coefficient (Wildman–Crippen LogP) is 1.99. The van der Waals surface area contributed by atoms with Gasteiger partial charge in [0, 0.05) is 29.4 Å². The van der Waals surface area contributed by atoms with Crippen molar-refractivity contribution < 1.29 is 9.59 Å². The number of benzene rings is 1. The van der Waals surface area contributed by atoms with Crippen LogP contribution in [-0.4, -0.2) is 49.6 Å². The van der Waals surface area contributed by atoms with Crippen molar-refractivity contribution in [1.82, 2.24) is 25.2 Å². The highest BCUT2D eigenvalue weighted by Crippen LogP contribution is 2.39. The van der Waals surface area contributed by atoms with Gasteiger partial charge >= 0.3 is 6.03 Å². The van der Waals surface area contributed by atoms with E-state index in [1.54, 1.807) is 0 Å². The summed E-state index contributed by atoms with van der Waals surface area (Å²) in [5, 5.41) is 7.43. The second kappa shape index (κ2) is 8.50. The zero-order valence-electron chi connectivity index (χ0n) is 17.7. The highest BCUT2D eigenvalue weighted by atomic mass is 32.2. The van der Waals surface area contributed by atoms with Crippen molar-refractivity contribution in [3.8, 4) is 0 Å². The minimum Gasteiger partial charge on any atom is -0.382 e. The van der Waals surface area contributed by atoms with Crippen LogP contribution in [0.2, 0.25) is 0 Å². The van der Waals surface area contributed by atoms with Gasteiger partial charge in [0.1, 0.15) is 5.52 Å². The zero-order valence-corrected chi connectivity index (χ0v) is 18.5. The molecule has 6 N–H and O–H groups in total. The van der Waals surface area contributed by atoms with Crippen molar-refractivity contribution in [1.29, 1.82) is 0 Å². The number of urea groups is 1. The molecule has 9 nitrogen and oxygen atoms in total. The van der Waals surface area contributed by atoms with E-state index in [0.717, 1.165) is 53.5 Å². The Kier molecular flexibility index (Phi) is 5.54. The number of nitrogens with zero attached hydrogens (tertiary/aromatic N) is 3.